The van der Waals surface area contributed by atoms with Crippen LogP contribution in [0.1, 0.15) is 64.2 Å². The summed E-state index contributed by atoms with van der Waals surface area (Å²) in [6.45, 7) is 9.72. The van der Waals surface area contributed by atoms with Crippen LogP contribution in [0.25, 0.3) is 0 Å². The van der Waals surface area contributed by atoms with Gasteiger partial charge < -0.3 is 14.2 Å². The predicted molar refractivity (Wildman–Crippen MR) is 110 cm³/mol. The molecular formula is C24H32O5. The molecule has 0 aromatic heterocycles. The lowest BCUT2D eigenvalue weighted by Gasteiger charge is -2.36. The van der Waals surface area contributed by atoms with E-state index in [2.05, 4.69) is 33.8 Å². The van der Waals surface area contributed by atoms with Gasteiger partial charge in [0.05, 0.1) is 11.2 Å². The van der Waals surface area contributed by atoms with E-state index in [1.54, 1.807) is 12.1 Å². The Labute approximate surface area is 173 Å². The van der Waals surface area contributed by atoms with Gasteiger partial charge in [0.15, 0.2) is 0 Å². The molecule has 1 saturated heterocycles. The Kier molecular flexibility index (Phi) is 6.47. The summed E-state index contributed by atoms with van der Waals surface area (Å²) in [6.07, 6.45) is 3.55. The summed E-state index contributed by atoms with van der Waals surface area (Å²) in [5.41, 5.74) is 1.38. The molecule has 1 aliphatic carbocycles. The number of benzene rings is 1. The molecule has 0 spiro atoms. The third kappa shape index (κ3) is 5.08. The molecule has 0 saturated carbocycles. The largest absolute Gasteiger partial charge is 0.459 e. The molecule has 5 atom stereocenters. The first kappa shape index (κ1) is 21.6. The molecule has 2 aliphatic rings. The van der Waals surface area contributed by atoms with Gasteiger partial charge in [0.25, 0.3) is 0 Å². The lowest BCUT2D eigenvalue weighted by Crippen LogP contribution is -2.45. The van der Waals surface area contributed by atoms with Crippen LogP contribution in [0.5, 0.6) is 0 Å². The van der Waals surface area contributed by atoms with E-state index in [0.29, 0.717) is 12.0 Å². The molecule has 3 rings (SSSR count). The minimum absolute atomic E-state index is 0.133. The number of fused-ring (bicyclic) bond motifs is 1. The summed E-state index contributed by atoms with van der Waals surface area (Å²) in [5, 5.41) is 0. The van der Waals surface area contributed by atoms with Gasteiger partial charge in [-0.05, 0) is 44.7 Å². The van der Waals surface area contributed by atoms with Gasteiger partial charge in [0, 0.05) is 19.3 Å². The molecule has 0 bridgehead atoms. The Morgan fingerprint density at radius 2 is 1.86 bits per heavy atom. The lowest BCUT2D eigenvalue weighted by atomic mass is 9.78. The maximum absolute atomic E-state index is 12.8. The van der Waals surface area contributed by atoms with Gasteiger partial charge in [0.2, 0.25) is 0 Å². The quantitative estimate of drug-likeness (QED) is 0.416. The zero-order valence-corrected chi connectivity index (χ0v) is 18.0. The summed E-state index contributed by atoms with van der Waals surface area (Å²) in [5.74, 6) is -0.725. The standard InChI is InChI=1S/C24H32O5/c1-15(2)20-19(28-23(26)18-11-7-6-8-12-18)14-16(3)10-9-13-24(5)22(29-24)21(20)27-17(4)25/h6-8,10-12,15,19-22H,9,13-14H2,1-5H3/t19-,20+,21+,22+,24-/m0/s1. The van der Waals surface area contributed by atoms with E-state index >= 15 is 0 Å². The Bertz CT molecular complexity index is 769. The van der Waals surface area contributed by atoms with Crippen molar-refractivity contribution in [2.45, 2.75) is 77.8 Å². The van der Waals surface area contributed by atoms with E-state index in [4.69, 9.17) is 14.2 Å². The first-order chi connectivity index (χ1) is 13.7. The number of carbonyl (C=O) groups excluding carboxylic acids is 2. The number of hydrogen-bond donors (Lipinski definition) is 0. The second kappa shape index (κ2) is 8.70. The summed E-state index contributed by atoms with van der Waals surface area (Å²) in [7, 11) is 0. The van der Waals surface area contributed by atoms with E-state index in [-0.39, 0.29) is 35.5 Å². The Morgan fingerprint density at radius 1 is 1.17 bits per heavy atom. The second-order valence-corrected chi connectivity index (χ2v) is 8.85. The van der Waals surface area contributed by atoms with Crippen molar-refractivity contribution in [1.29, 1.82) is 0 Å². The van der Waals surface area contributed by atoms with Crippen molar-refractivity contribution in [3.05, 3.63) is 47.5 Å². The van der Waals surface area contributed by atoms with Crippen molar-refractivity contribution in [3.63, 3.8) is 0 Å². The average Bonchev–Trinajstić information content (AvgIpc) is 3.32. The number of rotatable bonds is 4. The fourth-order valence-corrected chi connectivity index (χ4v) is 4.47. The number of esters is 2. The van der Waals surface area contributed by atoms with Gasteiger partial charge in [-0.1, -0.05) is 43.7 Å². The highest BCUT2D eigenvalue weighted by molar-refractivity contribution is 5.89. The normalized spacial score (nSPS) is 32.0. The fourth-order valence-electron chi connectivity index (χ4n) is 4.47. The zero-order valence-electron chi connectivity index (χ0n) is 18.0. The Hall–Kier alpha value is -2.14. The molecule has 5 heteroatoms. The minimum Gasteiger partial charge on any atom is -0.459 e. The maximum atomic E-state index is 12.8. The minimum atomic E-state index is -0.447. The summed E-state index contributed by atoms with van der Waals surface area (Å²) < 4.78 is 17.9. The molecule has 0 radical (unpaired) electrons. The topological polar surface area (TPSA) is 65.1 Å². The van der Waals surface area contributed by atoms with Gasteiger partial charge in [-0.3, -0.25) is 4.79 Å². The third-order valence-corrected chi connectivity index (χ3v) is 6.04. The van der Waals surface area contributed by atoms with Crippen LogP contribution >= 0.6 is 0 Å². The third-order valence-electron chi connectivity index (χ3n) is 6.04. The number of hydrogen-bond acceptors (Lipinski definition) is 5. The van der Waals surface area contributed by atoms with Gasteiger partial charge in [-0.25, -0.2) is 4.79 Å². The number of carbonyl (C=O) groups is 2. The molecule has 158 valence electrons. The molecule has 1 fully saturated rings. The second-order valence-electron chi connectivity index (χ2n) is 8.85. The zero-order chi connectivity index (χ0) is 21.2. The number of ether oxygens (including phenoxy) is 3. The van der Waals surface area contributed by atoms with Crippen molar-refractivity contribution in [1.82, 2.24) is 0 Å². The van der Waals surface area contributed by atoms with Gasteiger partial charge in [0.1, 0.15) is 18.3 Å². The molecule has 0 N–H and O–H groups in total. The van der Waals surface area contributed by atoms with Crippen LogP contribution in [0.3, 0.4) is 0 Å². The summed E-state index contributed by atoms with van der Waals surface area (Å²) in [4.78, 5) is 24.8. The van der Waals surface area contributed by atoms with Gasteiger partial charge >= 0.3 is 11.9 Å². The molecular weight excluding hydrogens is 368 g/mol. The first-order valence-corrected chi connectivity index (χ1v) is 10.5. The van der Waals surface area contributed by atoms with Gasteiger partial charge in [-0.2, -0.15) is 0 Å². The van der Waals surface area contributed by atoms with Crippen LogP contribution < -0.4 is 0 Å². The van der Waals surface area contributed by atoms with Crippen molar-refractivity contribution < 1.29 is 23.8 Å². The maximum Gasteiger partial charge on any atom is 0.338 e. The van der Waals surface area contributed by atoms with Gasteiger partial charge in [-0.15, -0.1) is 0 Å². The molecule has 29 heavy (non-hydrogen) atoms. The smallest absolute Gasteiger partial charge is 0.338 e. The Morgan fingerprint density at radius 3 is 2.48 bits per heavy atom. The molecule has 0 unspecified atom stereocenters. The number of epoxide rings is 1. The van der Waals surface area contributed by atoms with E-state index in [1.165, 1.54) is 12.5 Å². The van der Waals surface area contributed by atoms with E-state index in [9.17, 15) is 9.59 Å². The van der Waals surface area contributed by atoms with Crippen LogP contribution in [0.4, 0.5) is 0 Å². The molecule has 1 aromatic carbocycles. The van der Waals surface area contributed by atoms with Crippen LogP contribution in [-0.4, -0.2) is 35.9 Å². The molecule has 1 aromatic rings. The van der Waals surface area contributed by atoms with Crippen molar-refractivity contribution in [3.8, 4) is 0 Å². The Balaban J connectivity index is 1.95. The summed E-state index contributed by atoms with van der Waals surface area (Å²) in [6, 6.07) is 9.01. The molecule has 1 aliphatic heterocycles. The molecule has 1 heterocycles. The highest BCUT2D eigenvalue weighted by Crippen LogP contribution is 2.48. The summed E-state index contributed by atoms with van der Waals surface area (Å²) >= 11 is 0. The van der Waals surface area contributed by atoms with Crippen molar-refractivity contribution in [2.75, 3.05) is 0 Å². The van der Waals surface area contributed by atoms with E-state index in [0.717, 1.165) is 12.8 Å². The fraction of sp³-hybridized carbons (Fsp3) is 0.583. The van der Waals surface area contributed by atoms with Crippen LogP contribution in [0.2, 0.25) is 0 Å². The van der Waals surface area contributed by atoms with Crippen molar-refractivity contribution >= 4 is 11.9 Å². The average molecular weight is 401 g/mol. The van der Waals surface area contributed by atoms with Crippen molar-refractivity contribution in [2.24, 2.45) is 11.8 Å². The monoisotopic (exact) mass is 400 g/mol. The first-order valence-electron chi connectivity index (χ1n) is 10.5. The van der Waals surface area contributed by atoms with Crippen LogP contribution in [-0.2, 0) is 19.0 Å². The van der Waals surface area contributed by atoms with Crippen LogP contribution in [0.15, 0.2) is 42.0 Å². The molecule has 0 amide bonds. The van der Waals surface area contributed by atoms with E-state index < -0.39 is 12.2 Å². The number of allylic oxidation sites excluding steroid dienone is 1. The lowest BCUT2D eigenvalue weighted by molar-refractivity contribution is -0.155. The highest BCUT2D eigenvalue weighted by atomic mass is 16.6. The van der Waals surface area contributed by atoms with Crippen LogP contribution in [0, 0.1) is 11.8 Å². The van der Waals surface area contributed by atoms with E-state index in [1.807, 2.05) is 18.2 Å². The predicted octanol–water partition coefficient (Wildman–Crippen LogP) is 4.70. The highest BCUT2D eigenvalue weighted by Gasteiger charge is 2.60. The molecule has 5 nitrogen and oxygen atoms in total. The SMILES string of the molecule is CC(=O)O[C@@H]1[C@H](C(C)C)[C@@H](OC(=O)c2ccccc2)CC(C)=CCC[C@]2(C)O[C@H]12.